The van der Waals surface area contributed by atoms with E-state index in [0.29, 0.717) is 22.4 Å². The number of nitrogens with zero attached hydrogens (tertiary/aromatic N) is 2. The summed E-state index contributed by atoms with van der Waals surface area (Å²) in [6, 6.07) is 15.7. The molecule has 25 heavy (non-hydrogen) atoms. The SMILES string of the molecule is NC(=O)c1ccc(NC(=O)CSc2nnc(-c3ccccc3)o2)cc1. The Hall–Kier alpha value is -3.13. The lowest BCUT2D eigenvalue weighted by atomic mass is 10.2. The number of hydrogen-bond donors (Lipinski definition) is 2. The number of rotatable bonds is 6. The van der Waals surface area contributed by atoms with Crippen molar-refractivity contribution in [3.8, 4) is 11.5 Å². The number of aromatic nitrogens is 2. The van der Waals surface area contributed by atoms with Gasteiger partial charge in [0.15, 0.2) is 0 Å². The van der Waals surface area contributed by atoms with Crippen LogP contribution in [0, 0.1) is 0 Å². The predicted octanol–water partition coefficient (Wildman–Crippen LogP) is 2.57. The molecule has 0 fully saturated rings. The molecule has 126 valence electrons. The van der Waals surface area contributed by atoms with Crippen LogP contribution < -0.4 is 11.1 Å². The molecule has 3 N–H and O–H groups in total. The molecule has 8 heteroatoms. The molecule has 0 aliphatic carbocycles. The number of carbonyl (C=O) groups is 2. The van der Waals surface area contributed by atoms with Crippen LogP contribution in [0.4, 0.5) is 5.69 Å². The summed E-state index contributed by atoms with van der Waals surface area (Å²) in [4.78, 5) is 23.0. The molecule has 0 bridgehead atoms. The van der Waals surface area contributed by atoms with Crippen molar-refractivity contribution in [2.75, 3.05) is 11.1 Å². The molecule has 0 unspecified atom stereocenters. The lowest BCUT2D eigenvalue weighted by Gasteiger charge is -2.04. The van der Waals surface area contributed by atoms with Crippen LogP contribution >= 0.6 is 11.8 Å². The Labute approximate surface area is 147 Å². The summed E-state index contributed by atoms with van der Waals surface area (Å²) >= 11 is 1.14. The number of hydrogen-bond acceptors (Lipinski definition) is 6. The first kappa shape index (κ1) is 16.7. The van der Waals surface area contributed by atoms with Crippen molar-refractivity contribution in [1.29, 1.82) is 0 Å². The maximum Gasteiger partial charge on any atom is 0.277 e. The van der Waals surface area contributed by atoms with Crippen molar-refractivity contribution in [1.82, 2.24) is 10.2 Å². The molecule has 0 aliphatic rings. The van der Waals surface area contributed by atoms with Crippen molar-refractivity contribution in [3.63, 3.8) is 0 Å². The fraction of sp³-hybridized carbons (Fsp3) is 0.0588. The quantitative estimate of drug-likeness (QED) is 0.658. The minimum absolute atomic E-state index is 0.119. The summed E-state index contributed by atoms with van der Waals surface area (Å²) in [5, 5.41) is 10.9. The van der Waals surface area contributed by atoms with Crippen LogP contribution in [0.1, 0.15) is 10.4 Å². The van der Waals surface area contributed by atoms with Crippen LogP contribution in [0.2, 0.25) is 0 Å². The highest BCUT2D eigenvalue weighted by atomic mass is 32.2. The van der Waals surface area contributed by atoms with Gasteiger partial charge in [-0.3, -0.25) is 9.59 Å². The Morgan fingerprint density at radius 3 is 2.44 bits per heavy atom. The first-order chi connectivity index (χ1) is 12.1. The van der Waals surface area contributed by atoms with Gasteiger partial charge in [0.25, 0.3) is 5.22 Å². The van der Waals surface area contributed by atoms with E-state index < -0.39 is 5.91 Å². The minimum atomic E-state index is -0.515. The molecule has 0 saturated carbocycles. The Morgan fingerprint density at radius 1 is 1.04 bits per heavy atom. The van der Waals surface area contributed by atoms with Crippen molar-refractivity contribution < 1.29 is 14.0 Å². The molecule has 2 aromatic carbocycles. The highest BCUT2D eigenvalue weighted by Crippen LogP contribution is 2.23. The van der Waals surface area contributed by atoms with Crippen LogP contribution in [0.5, 0.6) is 0 Å². The summed E-state index contributed by atoms with van der Waals surface area (Å²) in [5.41, 5.74) is 6.94. The molecule has 0 spiro atoms. The van der Waals surface area contributed by atoms with E-state index >= 15 is 0 Å². The third-order valence-electron chi connectivity index (χ3n) is 3.21. The summed E-state index contributed by atoms with van der Waals surface area (Å²) < 4.78 is 5.52. The predicted molar refractivity (Wildman–Crippen MR) is 94.0 cm³/mol. The second-order valence-electron chi connectivity index (χ2n) is 5.02. The van der Waals surface area contributed by atoms with E-state index in [0.717, 1.165) is 17.3 Å². The van der Waals surface area contributed by atoms with Gasteiger partial charge in [-0.25, -0.2) is 0 Å². The standard InChI is InChI=1S/C17H14N4O3S/c18-15(23)11-6-8-13(9-7-11)19-14(22)10-25-17-21-20-16(24-17)12-4-2-1-3-5-12/h1-9H,10H2,(H2,18,23)(H,19,22). The molecule has 3 rings (SSSR count). The number of nitrogens with one attached hydrogen (secondary N) is 1. The highest BCUT2D eigenvalue weighted by Gasteiger charge is 2.11. The molecule has 1 heterocycles. The zero-order valence-electron chi connectivity index (χ0n) is 13.0. The molecule has 0 aliphatic heterocycles. The topological polar surface area (TPSA) is 111 Å². The second-order valence-corrected chi connectivity index (χ2v) is 5.94. The minimum Gasteiger partial charge on any atom is -0.411 e. The summed E-state index contributed by atoms with van der Waals surface area (Å²) in [5.74, 6) is -0.213. The van der Waals surface area contributed by atoms with E-state index in [4.69, 9.17) is 10.2 Å². The summed E-state index contributed by atoms with van der Waals surface area (Å²) in [6.07, 6.45) is 0. The highest BCUT2D eigenvalue weighted by molar-refractivity contribution is 7.99. The van der Waals surface area contributed by atoms with E-state index in [9.17, 15) is 9.59 Å². The van der Waals surface area contributed by atoms with Crippen molar-refractivity contribution >= 4 is 29.3 Å². The van der Waals surface area contributed by atoms with Gasteiger partial charge in [0.1, 0.15) is 0 Å². The number of primary amides is 1. The zero-order valence-corrected chi connectivity index (χ0v) is 13.8. The van der Waals surface area contributed by atoms with Gasteiger partial charge in [-0.1, -0.05) is 30.0 Å². The lowest BCUT2D eigenvalue weighted by molar-refractivity contribution is -0.113. The Kier molecular flexibility index (Phi) is 5.10. The van der Waals surface area contributed by atoms with E-state index in [2.05, 4.69) is 15.5 Å². The van der Waals surface area contributed by atoms with Crippen molar-refractivity contribution in [2.24, 2.45) is 5.73 Å². The summed E-state index contributed by atoms with van der Waals surface area (Å²) in [7, 11) is 0. The van der Waals surface area contributed by atoms with Crippen LogP contribution in [0.15, 0.2) is 64.2 Å². The van der Waals surface area contributed by atoms with Gasteiger partial charge in [-0.15, -0.1) is 10.2 Å². The number of carbonyl (C=O) groups excluding carboxylic acids is 2. The first-order valence-electron chi connectivity index (χ1n) is 7.33. The summed E-state index contributed by atoms with van der Waals surface area (Å²) in [6.45, 7) is 0. The molecule has 7 nitrogen and oxygen atoms in total. The van der Waals surface area contributed by atoms with E-state index in [1.807, 2.05) is 30.3 Å². The average Bonchev–Trinajstić information content (AvgIpc) is 3.10. The van der Waals surface area contributed by atoms with Gasteiger partial charge >= 0.3 is 0 Å². The van der Waals surface area contributed by atoms with E-state index in [-0.39, 0.29) is 11.7 Å². The third kappa shape index (κ3) is 4.45. The van der Waals surface area contributed by atoms with Gasteiger partial charge in [0, 0.05) is 16.8 Å². The van der Waals surface area contributed by atoms with Crippen LogP contribution in [0.3, 0.4) is 0 Å². The molecule has 1 aromatic heterocycles. The Bertz CT molecular complexity index is 878. The molecule has 0 saturated heterocycles. The van der Waals surface area contributed by atoms with Gasteiger partial charge in [-0.05, 0) is 36.4 Å². The third-order valence-corrected chi connectivity index (χ3v) is 4.03. The number of anilines is 1. The lowest BCUT2D eigenvalue weighted by Crippen LogP contribution is -2.15. The number of thioether (sulfide) groups is 1. The van der Waals surface area contributed by atoms with Crippen molar-refractivity contribution in [3.05, 3.63) is 60.2 Å². The monoisotopic (exact) mass is 354 g/mol. The van der Waals surface area contributed by atoms with Crippen molar-refractivity contribution in [2.45, 2.75) is 5.22 Å². The van der Waals surface area contributed by atoms with Crippen LogP contribution in [0.25, 0.3) is 11.5 Å². The fourth-order valence-corrected chi connectivity index (χ4v) is 2.57. The van der Waals surface area contributed by atoms with Gasteiger partial charge in [0.05, 0.1) is 5.75 Å². The normalized spacial score (nSPS) is 10.4. The van der Waals surface area contributed by atoms with Crippen LogP contribution in [-0.4, -0.2) is 27.8 Å². The smallest absolute Gasteiger partial charge is 0.277 e. The molecular formula is C17H14N4O3S. The average molecular weight is 354 g/mol. The number of nitrogens with two attached hydrogens (primary N) is 1. The maximum absolute atomic E-state index is 12.0. The largest absolute Gasteiger partial charge is 0.411 e. The Balaban J connectivity index is 1.54. The fourth-order valence-electron chi connectivity index (χ4n) is 2.01. The maximum atomic E-state index is 12.0. The first-order valence-corrected chi connectivity index (χ1v) is 8.32. The molecule has 0 atom stereocenters. The second kappa shape index (κ2) is 7.63. The van der Waals surface area contributed by atoms with Gasteiger partial charge in [-0.2, -0.15) is 0 Å². The van der Waals surface area contributed by atoms with E-state index in [1.54, 1.807) is 24.3 Å². The zero-order chi connectivity index (χ0) is 17.6. The molecular weight excluding hydrogens is 340 g/mol. The number of amides is 2. The molecule has 0 radical (unpaired) electrons. The van der Waals surface area contributed by atoms with Gasteiger partial charge in [0.2, 0.25) is 17.7 Å². The van der Waals surface area contributed by atoms with Crippen LogP contribution in [-0.2, 0) is 4.79 Å². The molecule has 3 aromatic rings. The molecule has 2 amide bonds. The number of benzene rings is 2. The van der Waals surface area contributed by atoms with Gasteiger partial charge < -0.3 is 15.5 Å². The Morgan fingerprint density at radius 2 is 1.76 bits per heavy atom. The van der Waals surface area contributed by atoms with E-state index in [1.165, 1.54) is 0 Å².